The topological polar surface area (TPSA) is 74.3 Å². The third kappa shape index (κ3) is 5.97. The zero-order valence-electron chi connectivity index (χ0n) is 24.1. The zero-order chi connectivity index (χ0) is 31.2. The first-order valence-electron chi connectivity index (χ1n) is 14.3. The number of nitrogens with zero attached hydrogens (tertiary/aromatic N) is 4. The van der Waals surface area contributed by atoms with Gasteiger partial charge in [0, 0.05) is 43.0 Å². The normalized spacial score (nSPS) is 21.5. The molecule has 0 N–H and O–H groups in total. The van der Waals surface area contributed by atoms with Gasteiger partial charge in [0.05, 0.1) is 35.6 Å². The Hall–Kier alpha value is -4.13. The molecule has 2 saturated heterocycles. The first kappa shape index (κ1) is 29.9. The smallest absolute Gasteiger partial charge is 0.459 e. The number of likely N-dealkylation sites (tertiary alicyclic amines) is 1. The van der Waals surface area contributed by atoms with Crippen LogP contribution in [0.15, 0.2) is 58.5 Å². The van der Waals surface area contributed by atoms with E-state index in [4.69, 9.17) is 13.9 Å². The maximum absolute atomic E-state index is 13.4. The molecule has 3 atom stereocenters. The van der Waals surface area contributed by atoms with E-state index in [0.29, 0.717) is 84.3 Å². The molecule has 0 saturated carbocycles. The summed E-state index contributed by atoms with van der Waals surface area (Å²) in [4.78, 5) is 10.7. The molecule has 0 unspecified atom stereocenters. The largest absolute Gasteiger partial charge is 0.573 e. The molecule has 2 aromatic heterocycles. The van der Waals surface area contributed by atoms with Crippen LogP contribution in [0.25, 0.3) is 27.7 Å². The minimum atomic E-state index is -4.83. The maximum atomic E-state index is 13.4. The number of furan rings is 1. The molecule has 0 bridgehead atoms. The van der Waals surface area contributed by atoms with Crippen LogP contribution >= 0.6 is 0 Å². The van der Waals surface area contributed by atoms with Crippen molar-refractivity contribution >= 4 is 39.1 Å². The highest BCUT2D eigenvalue weighted by molar-refractivity contribution is 5.99. The van der Waals surface area contributed by atoms with E-state index in [1.54, 1.807) is 30.3 Å². The molecule has 4 heterocycles. The number of hydrogen-bond acceptors (Lipinski definition) is 7. The first-order chi connectivity index (χ1) is 21.0. The zero-order valence-corrected chi connectivity index (χ0v) is 24.1. The number of rotatable bonds is 8. The van der Waals surface area contributed by atoms with Crippen molar-refractivity contribution in [2.24, 2.45) is 10.9 Å². The van der Waals surface area contributed by atoms with Crippen LogP contribution in [0, 0.1) is 5.92 Å². The first-order valence-corrected chi connectivity index (χ1v) is 14.3. The SMILES string of the molecule is C=C(c1oc2ccccc2c1N=C(C)C(F)F)N1CC[C@H](Oc2nc3cc(OC(F)(F)F)ccc3n2[C@H]2CCOC[C@@H]2C)C1. The molecule has 2 aromatic carbocycles. The van der Waals surface area contributed by atoms with Gasteiger partial charge in [-0.1, -0.05) is 25.6 Å². The summed E-state index contributed by atoms with van der Waals surface area (Å²) in [6.07, 6.45) is -6.62. The standard InChI is InChI=1S/C31H31F5N4O4/c1-17-16-41-13-11-24(17)40-25-9-8-20(44-31(34,35)36)14-23(25)38-30(40)42-21-10-12-39(15-21)19(3)28-27(37-18(2)29(32)33)22-6-4-5-7-26(22)43-28/h4-9,14,17,21,24,29H,3,10-13,15-16H2,1-2H3/t17-,21-,24-/m0/s1. The molecule has 234 valence electrons. The predicted molar refractivity (Wildman–Crippen MR) is 155 cm³/mol. The van der Waals surface area contributed by atoms with E-state index in [1.807, 2.05) is 16.4 Å². The Bertz CT molecular complexity index is 1710. The van der Waals surface area contributed by atoms with Crippen LogP contribution < -0.4 is 9.47 Å². The van der Waals surface area contributed by atoms with E-state index in [-0.39, 0.29) is 29.5 Å². The molecule has 0 spiro atoms. The lowest BCUT2D eigenvalue weighted by molar-refractivity contribution is -0.274. The van der Waals surface area contributed by atoms with E-state index in [0.717, 1.165) is 0 Å². The number of aromatic nitrogens is 2. The van der Waals surface area contributed by atoms with E-state index in [2.05, 4.69) is 21.3 Å². The highest BCUT2D eigenvalue weighted by Gasteiger charge is 2.34. The Morgan fingerprint density at radius 2 is 1.95 bits per heavy atom. The van der Waals surface area contributed by atoms with Gasteiger partial charge >= 0.3 is 6.36 Å². The number of benzene rings is 2. The van der Waals surface area contributed by atoms with Gasteiger partial charge in [-0.25, -0.2) is 13.8 Å². The number of hydrogen-bond donors (Lipinski definition) is 0. The summed E-state index contributed by atoms with van der Waals surface area (Å²) < 4.78 is 89.7. The lowest BCUT2D eigenvalue weighted by Gasteiger charge is -2.31. The molecular weight excluding hydrogens is 587 g/mol. The van der Waals surface area contributed by atoms with E-state index in [1.165, 1.54) is 19.1 Å². The molecule has 6 rings (SSSR count). The van der Waals surface area contributed by atoms with Crippen LogP contribution in [0.2, 0.25) is 0 Å². The molecule has 13 heteroatoms. The molecule has 8 nitrogen and oxygen atoms in total. The second-order valence-corrected chi connectivity index (χ2v) is 11.1. The summed E-state index contributed by atoms with van der Waals surface area (Å²) in [6, 6.07) is 11.4. The van der Waals surface area contributed by atoms with Gasteiger partial charge in [-0.3, -0.25) is 4.57 Å². The van der Waals surface area contributed by atoms with Crippen LogP contribution in [0.3, 0.4) is 0 Å². The molecule has 4 aromatic rings. The van der Waals surface area contributed by atoms with Crippen molar-refractivity contribution < 1.29 is 40.6 Å². The van der Waals surface area contributed by atoms with Gasteiger partial charge in [-0.15, -0.1) is 13.2 Å². The second-order valence-electron chi connectivity index (χ2n) is 11.1. The van der Waals surface area contributed by atoms with E-state index in [9.17, 15) is 22.0 Å². The summed E-state index contributed by atoms with van der Waals surface area (Å²) >= 11 is 0. The average molecular weight is 619 g/mol. The van der Waals surface area contributed by atoms with Crippen molar-refractivity contribution in [3.8, 4) is 11.8 Å². The monoisotopic (exact) mass is 618 g/mol. The lowest BCUT2D eigenvalue weighted by atomic mass is 9.97. The van der Waals surface area contributed by atoms with Gasteiger partial charge in [0.15, 0.2) is 5.76 Å². The summed E-state index contributed by atoms with van der Waals surface area (Å²) in [5, 5.41) is 0.601. The molecule has 0 aliphatic carbocycles. The van der Waals surface area contributed by atoms with Crippen LogP contribution in [0.5, 0.6) is 11.8 Å². The van der Waals surface area contributed by atoms with Crippen LogP contribution in [0.4, 0.5) is 27.6 Å². The van der Waals surface area contributed by atoms with Crippen molar-refractivity contribution in [3.05, 3.63) is 54.8 Å². The molecule has 44 heavy (non-hydrogen) atoms. The fourth-order valence-electron chi connectivity index (χ4n) is 5.84. The van der Waals surface area contributed by atoms with Crippen molar-refractivity contribution in [1.29, 1.82) is 0 Å². The maximum Gasteiger partial charge on any atom is 0.573 e. The average Bonchev–Trinajstić information content (AvgIpc) is 3.68. The highest BCUT2D eigenvalue weighted by atomic mass is 19.4. The Labute approximate surface area is 249 Å². The summed E-state index contributed by atoms with van der Waals surface area (Å²) in [6.45, 7) is 9.52. The molecule has 2 aliphatic rings. The molecular formula is C31H31F5N4O4. The molecule has 0 amide bonds. The number of alkyl halides is 5. The Kier molecular flexibility index (Phi) is 7.99. The Morgan fingerprint density at radius 3 is 2.70 bits per heavy atom. The van der Waals surface area contributed by atoms with Gasteiger partial charge in [0.2, 0.25) is 0 Å². The second kappa shape index (κ2) is 11.8. The number of halogens is 5. The van der Waals surface area contributed by atoms with Crippen LogP contribution in [0.1, 0.15) is 38.5 Å². The van der Waals surface area contributed by atoms with Gasteiger partial charge < -0.3 is 23.5 Å². The van der Waals surface area contributed by atoms with Gasteiger partial charge in [0.25, 0.3) is 12.4 Å². The quantitative estimate of drug-likeness (QED) is 0.149. The number of ether oxygens (including phenoxy) is 3. The van der Waals surface area contributed by atoms with Gasteiger partial charge in [0.1, 0.15) is 23.1 Å². The Balaban J connectivity index is 1.28. The molecule has 0 radical (unpaired) electrons. The minimum Gasteiger partial charge on any atom is -0.459 e. The highest BCUT2D eigenvalue weighted by Crippen LogP contribution is 2.41. The van der Waals surface area contributed by atoms with Crippen LogP contribution in [-0.4, -0.2) is 65.4 Å². The molecule has 2 aliphatic heterocycles. The third-order valence-electron chi connectivity index (χ3n) is 8.02. The van der Waals surface area contributed by atoms with Crippen molar-refractivity contribution in [1.82, 2.24) is 14.5 Å². The lowest BCUT2D eigenvalue weighted by Crippen LogP contribution is -2.30. The Morgan fingerprint density at radius 1 is 1.16 bits per heavy atom. The summed E-state index contributed by atoms with van der Waals surface area (Å²) in [5.41, 5.74) is 1.89. The van der Waals surface area contributed by atoms with Crippen molar-refractivity contribution in [3.63, 3.8) is 0 Å². The van der Waals surface area contributed by atoms with Gasteiger partial charge in [-0.05, 0) is 37.6 Å². The third-order valence-corrected chi connectivity index (χ3v) is 8.02. The fraction of sp³-hybridized carbons (Fsp3) is 0.419. The number of fused-ring (bicyclic) bond motifs is 2. The number of para-hydroxylation sites is 1. The van der Waals surface area contributed by atoms with Crippen molar-refractivity contribution in [2.75, 3.05) is 26.3 Å². The van der Waals surface area contributed by atoms with E-state index >= 15 is 0 Å². The van der Waals surface area contributed by atoms with Crippen molar-refractivity contribution in [2.45, 2.75) is 51.6 Å². The number of imidazole rings is 1. The van der Waals surface area contributed by atoms with Gasteiger partial charge in [-0.2, -0.15) is 4.98 Å². The predicted octanol–water partition coefficient (Wildman–Crippen LogP) is 7.76. The molecule has 2 fully saturated rings. The summed E-state index contributed by atoms with van der Waals surface area (Å²) in [5.74, 6) is 0.0430. The van der Waals surface area contributed by atoms with E-state index < -0.39 is 12.8 Å². The summed E-state index contributed by atoms with van der Waals surface area (Å²) in [7, 11) is 0. The number of aliphatic imine (C=N–C) groups is 1. The van der Waals surface area contributed by atoms with Crippen LogP contribution in [-0.2, 0) is 4.74 Å². The fourth-order valence-corrected chi connectivity index (χ4v) is 5.84. The minimum absolute atomic E-state index is 0.0420.